The van der Waals surface area contributed by atoms with Crippen LogP contribution in [0.1, 0.15) is 26.2 Å². The number of hydrazine groups is 1. The molecule has 88 valence electrons. The number of hydrogen-bond acceptors (Lipinski definition) is 6. The molecule has 0 aliphatic heterocycles. The molecule has 16 heavy (non-hydrogen) atoms. The van der Waals surface area contributed by atoms with Crippen molar-refractivity contribution in [2.45, 2.75) is 32.2 Å². The Morgan fingerprint density at radius 2 is 2.19 bits per heavy atom. The maximum Gasteiger partial charge on any atom is 0.223 e. The van der Waals surface area contributed by atoms with Crippen molar-refractivity contribution in [2.75, 3.05) is 16.5 Å². The summed E-state index contributed by atoms with van der Waals surface area (Å²) in [6.45, 7) is 2.20. The van der Waals surface area contributed by atoms with Crippen LogP contribution >= 0.6 is 0 Å². The molecule has 0 radical (unpaired) electrons. The van der Waals surface area contributed by atoms with Crippen LogP contribution < -0.4 is 22.3 Å². The van der Waals surface area contributed by atoms with E-state index in [0.717, 1.165) is 11.7 Å². The summed E-state index contributed by atoms with van der Waals surface area (Å²) in [5.74, 6) is 7.56. The minimum atomic E-state index is 0.227. The lowest BCUT2D eigenvalue weighted by Gasteiger charge is -2.07. The molecule has 6 N–H and O–H groups in total. The minimum absolute atomic E-state index is 0.227. The lowest BCUT2D eigenvalue weighted by atomic mass is 10.2. The average Bonchev–Trinajstić information content (AvgIpc) is 2.96. The number of nitrogens with one attached hydrogen (secondary N) is 2. The second kappa shape index (κ2) is 4.52. The Morgan fingerprint density at radius 3 is 2.88 bits per heavy atom. The van der Waals surface area contributed by atoms with Crippen molar-refractivity contribution in [2.24, 2.45) is 11.8 Å². The lowest BCUT2D eigenvalue weighted by molar-refractivity contribution is 0.692. The van der Waals surface area contributed by atoms with E-state index in [1.807, 2.05) is 0 Å². The lowest BCUT2D eigenvalue weighted by Crippen LogP contribution is -2.13. The molecule has 2 atom stereocenters. The molecule has 0 bridgehead atoms. The Kier molecular flexibility index (Phi) is 3.09. The number of nitrogens with zero attached hydrogens (tertiary/aromatic N) is 2. The number of hydrogen-bond donors (Lipinski definition) is 4. The predicted octanol–water partition coefficient (Wildman–Crippen LogP) is 0.945. The SMILES string of the molecule is CCCC1CC1Nc1cc(NN)nc(N)n1. The first-order valence-corrected chi connectivity index (χ1v) is 5.60. The zero-order valence-corrected chi connectivity index (χ0v) is 9.40. The van der Waals surface area contributed by atoms with Crippen molar-refractivity contribution < 1.29 is 0 Å². The van der Waals surface area contributed by atoms with Crippen LogP contribution in [0, 0.1) is 5.92 Å². The molecule has 1 saturated carbocycles. The van der Waals surface area contributed by atoms with Gasteiger partial charge in [0.2, 0.25) is 5.95 Å². The van der Waals surface area contributed by atoms with Crippen molar-refractivity contribution in [3.8, 4) is 0 Å². The van der Waals surface area contributed by atoms with Gasteiger partial charge in [-0.2, -0.15) is 9.97 Å². The van der Waals surface area contributed by atoms with Gasteiger partial charge in [-0.15, -0.1) is 0 Å². The topological polar surface area (TPSA) is 102 Å². The Labute approximate surface area is 94.8 Å². The number of anilines is 3. The van der Waals surface area contributed by atoms with Gasteiger partial charge in [-0.05, 0) is 18.8 Å². The maximum absolute atomic E-state index is 5.57. The van der Waals surface area contributed by atoms with Gasteiger partial charge in [0, 0.05) is 12.1 Å². The molecule has 1 aromatic heterocycles. The van der Waals surface area contributed by atoms with E-state index in [2.05, 4.69) is 27.6 Å². The van der Waals surface area contributed by atoms with Crippen LogP contribution in [0.15, 0.2) is 6.07 Å². The Hall–Kier alpha value is -1.56. The molecular formula is C10H18N6. The van der Waals surface area contributed by atoms with Gasteiger partial charge in [0.25, 0.3) is 0 Å². The highest BCUT2D eigenvalue weighted by atomic mass is 15.3. The highest BCUT2D eigenvalue weighted by Gasteiger charge is 2.36. The second-order valence-corrected chi connectivity index (χ2v) is 4.18. The van der Waals surface area contributed by atoms with E-state index in [9.17, 15) is 0 Å². The Balaban J connectivity index is 1.97. The van der Waals surface area contributed by atoms with Crippen LogP contribution in [0.5, 0.6) is 0 Å². The van der Waals surface area contributed by atoms with Crippen LogP contribution in [0.3, 0.4) is 0 Å². The van der Waals surface area contributed by atoms with E-state index in [4.69, 9.17) is 11.6 Å². The number of nitrogens with two attached hydrogens (primary N) is 2. The molecule has 1 heterocycles. The molecule has 1 aliphatic carbocycles. The Morgan fingerprint density at radius 1 is 1.44 bits per heavy atom. The van der Waals surface area contributed by atoms with Gasteiger partial charge in [-0.3, -0.25) is 0 Å². The average molecular weight is 222 g/mol. The van der Waals surface area contributed by atoms with Crippen molar-refractivity contribution in [1.29, 1.82) is 0 Å². The fourth-order valence-corrected chi connectivity index (χ4v) is 1.92. The monoisotopic (exact) mass is 222 g/mol. The molecule has 1 fully saturated rings. The molecule has 6 nitrogen and oxygen atoms in total. The third-order valence-electron chi connectivity index (χ3n) is 2.81. The molecular weight excluding hydrogens is 204 g/mol. The van der Waals surface area contributed by atoms with Crippen LogP contribution in [-0.2, 0) is 0 Å². The third kappa shape index (κ3) is 2.52. The van der Waals surface area contributed by atoms with Gasteiger partial charge in [0.05, 0.1) is 0 Å². The largest absolute Gasteiger partial charge is 0.368 e. The minimum Gasteiger partial charge on any atom is -0.368 e. The fourth-order valence-electron chi connectivity index (χ4n) is 1.92. The first-order valence-electron chi connectivity index (χ1n) is 5.60. The highest BCUT2D eigenvalue weighted by Crippen LogP contribution is 2.37. The molecule has 2 rings (SSSR count). The van der Waals surface area contributed by atoms with Gasteiger partial charge >= 0.3 is 0 Å². The number of aromatic nitrogens is 2. The molecule has 1 aliphatic rings. The van der Waals surface area contributed by atoms with E-state index in [1.165, 1.54) is 19.3 Å². The van der Waals surface area contributed by atoms with E-state index < -0.39 is 0 Å². The molecule has 1 aromatic rings. The first-order chi connectivity index (χ1) is 7.72. The van der Waals surface area contributed by atoms with Crippen molar-refractivity contribution in [1.82, 2.24) is 9.97 Å². The third-order valence-corrected chi connectivity index (χ3v) is 2.81. The van der Waals surface area contributed by atoms with E-state index in [1.54, 1.807) is 6.07 Å². The molecule has 0 aromatic carbocycles. The number of nitrogen functional groups attached to an aromatic ring is 2. The van der Waals surface area contributed by atoms with Gasteiger partial charge < -0.3 is 16.5 Å². The summed E-state index contributed by atoms with van der Waals surface area (Å²) in [6, 6.07) is 2.29. The predicted molar refractivity (Wildman–Crippen MR) is 64.7 cm³/mol. The summed E-state index contributed by atoms with van der Waals surface area (Å²) in [7, 11) is 0. The summed E-state index contributed by atoms with van der Waals surface area (Å²) < 4.78 is 0. The van der Waals surface area contributed by atoms with Gasteiger partial charge in [-0.1, -0.05) is 13.3 Å². The normalized spacial score (nSPS) is 22.9. The summed E-state index contributed by atoms with van der Waals surface area (Å²) in [5.41, 5.74) is 8.03. The van der Waals surface area contributed by atoms with Crippen LogP contribution in [0.25, 0.3) is 0 Å². The summed E-state index contributed by atoms with van der Waals surface area (Å²) in [4.78, 5) is 8.04. The van der Waals surface area contributed by atoms with Crippen LogP contribution in [0.2, 0.25) is 0 Å². The molecule has 0 amide bonds. The summed E-state index contributed by atoms with van der Waals surface area (Å²) in [5, 5.41) is 3.34. The van der Waals surface area contributed by atoms with Crippen molar-refractivity contribution in [3.05, 3.63) is 6.07 Å². The van der Waals surface area contributed by atoms with Crippen LogP contribution in [0.4, 0.5) is 17.6 Å². The highest BCUT2D eigenvalue weighted by molar-refractivity contribution is 5.51. The maximum atomic E-state index is 5.57. The quantitative estimate of drug-likeness (QED) is 0.437. The fraction of sp³-hybridized carbons (Fsp3) is 0.600. The number of rotatable bonds is 5. The summed E-state index contributed by atoms with van der Waals surface area (Å²) >= 11 is 0. The van der Waals surface area contributed by atoms with Crippen molar-refractivity contribution in [3.63, 3.8) is 0 Å². The standard InChI is InChI=1S/C10H18N6/c1-2-3-6-4-7(6)13-8-5-9(16-12)15-10(11)14-8/h5-7H,2-4,12H2,1H3,(H4,11,13,14,15,16). The van der Waals surface area contributed by atoms with E-state index in [0.29, 0.717) is 11.9 Å². The first kappa shape index (κ1) is 10.9. The smallest absolute Gasteiger partial charge is 0.223 e. The van der Waals surface area contributed by atoms with Gasteiger partial charge in [-0.25, -0.2) is 5.84 Å². The summed E-state index contributed by atoms with van der Waals surface area (Å²) in [6.07, 6.45) is 3.70. The van der Waals surface area contributed by atoms with Crippen LogP contribution in [-0.4, -0.2) is 16.0 Å². The molecule has 2 unspecified atom stereocenters. The van der Waals surface area contributed by atoms with Crippen molar-refractivity contribution >= 4 is 17.6 Å². The van der Waals surface area contributed by atoms with Gasteiger partial charge in [0.15, 0.2) is 0 Å². The second-order valence-electron chi connectivity index (χ2n) is 4.18. The molecule has 6 heteroatoms. The van der Waals surface area contributed by atoms with E-state index in [-0.39, 0.29) is 5.95 Å². The van der Waals surface area contributed by atoms with E-state index >= 15 is 0 Å². The zero-order chi connectivity index (χ0) is 11.5. The molecule has 0 saturated heterocycles. The zero-order valence-electron chi connectivity index (χ0n) is 9.40. The Bertz CT molecular complexity index is 366. The molecule has 0 spiro atoms. The van der Waals surface area contributed by atoms with Gasteiger partial charge in [0.1, 0.15) is 11.6 Å².